The van der Waals surface area contributed by atoms with E-state index >= 15 is 0 Å². The van der Waals surface area contributed by atoms with E-state index in [1.165, 1.54) is 0 Å². The van der Waals surface area contributed by atoms with Gasteiger partial charge in [0, 0.05) is 4.47 Å². The van der Waals surface area contributed by atoms with E-state index < -0.39 is 0 Å². The highest BCUT2D eigenvalue weighted by molar-refractivity contribution is 9.10. The molecule has 0 bridgehead atoms. The van der Waals surface area contributed by atoms with Crippen molar-refractivity contribution >= 4 is 21.6 Å². The number of anilines is 1. The molecule has 0 spiro atoms. The zero-order chi connectivity index (χ0) is 14.0. The normalized spacial score (nSPS) is 10.4. The van der Waals surface area contributed by atoms with Crippen LogP contribution in [-0.4, -0.2) is 9.78 Å². The number of benzene rings is 1. The lowest BCUT2D eigenvalue weighted by atomic mass is 10.2. The lowest BCUT2D eigenvalue weighted by molar-refractivity contribution is 0.792. The Kier molecular flexibility index (Phi) is 3.91. The van der Waals surface area contributed by atoms with Gasteiger partial charge < -0.3 is 5.73 Å². The van der Waals surface area contributed by atoms with Crippen molar-refractivity contribution in [2.24, 2.45) is 0 Å². The number of rotatable bonds is 3. The van der Waals surface area contributed by atoms with Crippen LogP contribution in [0.25, 0.3) is 5.69 Å². The van der Waals surface area contributed by atoms with Crippen LogP contribution < -0.4 is 5.73 Å². The summed E-state index contributed by atoms with van der Waals surface area (Å²) in [5.74, 6) is 0. The number of hydrogen-bond acceptors (Lipinski definition) is 3. The van der Waals surface area contributed by atoms with Crippen LogP contribution in [0.5, 0.6) is 0 Å². The largest absolute Gasteiger partial charge is 0.396 e. The van der Waals surface area contributed by atoms with E-state index in [-0.39, 0.29) is 0 Å². The third-order valence-electron chi connectivity index (χ3n) is 3.08. The SMILES string of the molecule is CCc1nn(-c2cc(Br)ccc2C#N)c(CC)c1N. The first-order valence-corrected chi connectivity index (χ1v) is 6.97. The minimum absolute atomic E-state index is 0.586. The summed E-state index contributed by atoms with van der Waals surface area (Å²) in [5, 5.41) is 13.8. The zero-order valence-electron chi connectivity index (χ0n) is 10.9. The average Bonchev–Trinajstić information content (AvgIpc) is 2.74. The van der Waals surface area contributed by atoms with Crippen molar-refractivity contribution < 1.29 is 0 Å². The summed E-state index contributed by atoms with van der Waals surface area (Å²) < 4.78 is 2.70. The van der Waals surface area contributed by atoms with E-state index in [1.807, 2.05) is 26.0 Å². The molecule has 0 unspecified atom stereocenters. The average molecular weight is 319 g/mol. The Hall–Kier alpha value is -1.80. The van der Waals surface area contributed by atoms with Gasteiger partial charge in [-0.25, -0.2) is 4.68 Å². The molecule has 1 aromatic heterocycles. The lowest BCUT2D eigenvalue weighted by Gasteiger charge is -2.08. The number of halogens is 1. The van der Waals surface area contributed by atoms with Crippen molar-refractivity contribution in [1.29, 1.82) is 5.26 Å². The molecule has 0 saturated heterocycles. The fourth-order valence-corrected chi connectivity index (χ4v) is 2.44. The summed E-state index contributed by atoms with van der Waals surface area (Å²) in [6.07, 6.45) is 1.55. The molecule has 0 aliphatic rings. The highest BCUT2D eigenvalue weighted by Gasteiger charge is 2.16. The molecule has 2 aromatic rings. The molecule has 0 aliphatic heterocycles. The van der Waals surface area contributed by atoms with E-state index in [9.17, 15) is 5.26 Å². The van der Waals surface area contributed by atoms with Gasteiger partial charge in [0.1, 0.15) is 6.07 Å². The van der Waals surface area contributed by atoms with Crippen LogP contribution in [0.1, 0.15) is 30.8 Å². The first-order valence-electron chi connectivity index (χ1n) is 6.18. The second-order valence-electron chi connectivity index (χ2n) is 4.20. The van der Waals surface area contributed by atoms with Crippen LogP contribution in [0.15, 0.2) is 22.7 Å². The molecule has 98 valence electrons. The first kappa shape index (κ1) is 13.6. The Morgan fingerprint density at radius 1 is 1.37 bits per heavy atom. The summed E-state index contributed by atoms with van der Waals surface area (Å²) >= 11 is 3.43. The number of nitriles is 1. The van der Waals surface area contributed by atoms with Gasteiger partial charge in [-0.15, -0.1) is 0 Å². The molecule has 0 atom stereocenters. The maximum Gasteiger partial charge on any atom is 0.101 e. The highest BCUT2D eigenvalue weighted by Crippen LogP contribution is 2.26. The van der Waals surface area contributed by atoms with Crippen LogP contribution >= 0.6 is 15.9 Å². The van der Waals surface area contributed by atoms with Gasteiger partial charge in [0.25, 0.3) is 0 Å². The Morgan fingerprint density at radius 3 is 2.68 bits per heavy atom. The van der Waals surface area contributed by atoms with E-state index in [2.05, 4.69) is 27.1 Å². The van der Waals surface area contributed by atoms with Crippen molar-refractivity contribution in [2.45, 2.75) is 26.7 Å². The maximum absolute atomic E-state index is 9.23. The number of nitrogens with zero attached hydrogens (tertiary/aromatic N) is 3. The maximum atomic E-state index is 9.23. The molecular formula is C14H15BrN4. The molecule has 2 rings (SSSR count). The fraction of sp³-hybridized carbons (Fsp3) is 0.286. The number of aryl methyl sites for hydroxylation is 1. The smallest absolute Gasteiger partial charge is 0.101 e. The van der Waals surface area contributed by atoms with E-state index in [0.29, 0.717) is 5.56 Å². The molecule has 0 radical (unpaired) electrons. The molecule has 19 heavy (non-hydrogen) atoms. The Balaban J connectivity index is 2.72. The van der Waals surface area contributed by atoms with Gasteiger partial charge in [0.2, 0.25) is 0 Å². The minimum atomic E-state index is 0.586. The minimum Gasteiger partial charge on any atom is -0.396 e. The van der Waals surface area contributed by atoms with Gasteiger partial charge in [-0.2, -0.15) is 10.4 Å². The third-order valence-corrected chi connectivity index (χ3v) is 3.57. The second-order valence-corrected chi connectivity index (χ2v) is 5.11. The number of nitrogen functional groups attached to an aromatic ring is 1. The van der Waals surface area contributed by atoms with E-state index in [1.54, 1.807) is 10.7 Å². The Bertz CT molecular complexity index is 652. The van der Waals surface area contributed by atoms with Crippen LogP contribution in [-0.2, 0) is 12.8 Å². The van der Waals surface area contributed by atoms with Crippen molar-refractivity contribution in [1.82, 2.24) is 9.78 Å². The van der Waals surface area contributed by atoms with Crippen molar-refractivity contribution in [2.75, 3.05) is 5.73 Å². The van der Waals surface area contributed by atoms with Crippen molar-refractivity contribution in [3.63, 3.8) is 0 Å². The van der Waals surface area contributed by atoms with Crippen molar-refractivity contribution in [3.8, 4) is 11.8 Å². The topological polar surface area (TPSA) is 67.6 Å². The third kappa shape index (κ3) is 2.36. The zero-order valence-corrected chi connectivity index (χ0v) is 12.5. The summed E-state index contributed by atoms with van der Waals surface area (Å²) in [7, 11) is 0. The van der Waals surface area contributed by atoms with Gasteiger partial charge in [0.05, 0.1) is 28.3 Å². The van der Waals surface area contributed by atoms with E-state index in [0.717, 1.165) is 40.1 Å². The van der Waals surface area contributed by atoms with Gasteiger partial charge >= 0.3 is 0 Å². The Labute approximate surface area is 121 Å². The molecule has 0 amide bonds. The summed E-state index contributed by atoms with van der Waals surface area (Å²) in [6.45, 7) is 4.06. The first-order chi connectivity index (χ1) is 9.12. The quantitative estimate of drug-likeness (QED) is 0.944. The number of nitrogens with two attached hydrogens (primary N) is 1. The van der Waals surface area contributed by atoms with Gasteiger partial charge in [0.15, 0.2) is 0 Å². The lowest BCUT2D eigenvalue weighted by Crippen LogP contribution is -2.05. The molecule has 4 nitrogen and oxygen atoms in total. The predicted octanol–water partition coefficient (Wildman–Crippen LogP) is 3.21. The van der Waals surface area contributed by atoms with Crippen LogP contribution in [0.2, 0.25) is 0 Å². The Morgan fingerprint density at radius 2 is 2.11 bits per heavy atom. The second kappa shape index (κ2) is 5.45. The van der Waals surface area contributed by atoms with Gasteiger partial charge in [-0.05, 0) is 31.0 Å². The van der Waals surface area contributed by atoms with E-state index in [4.69, 9.17) is 5.73 Å². The molecule has 0 aliphatic carbocycles. The molecule has 0 saturated carbocycles. The van der Waals surface area contributed by atoms with Gasteiger partial charge in [-0.3, -0.25) is 0 Å². The van der Waals surface area contributed by atoms with Crippen LogP contribution in [0, 0.1) is 11.3 Å². The molecule has 5 heteroatoms. The summed E-state index contributed by atoms with van der Waals surface area (Å²) in [6, 6.07) is 7.72. The molecule has 1 aromatic carbocycles. The molecular weight excluding hydrogens is 304 g/mol. The van der Waals surface area contributed by atoms with Gasteiger partial charge in [-0.1, -0.05) is 29.8 Å². The fourth-order valence-electron chi connectivity index (χ4n) is 2.09. The van der Waals surface area contributed by atoms with Crippen LogP contribution in [0.4, 0.5) is 5.69 Å². The standard InChI is InChI=1S/C14H15BrN4/c1-3-11-14(17)12(4-2)19(18-11)13-7-10(15)6-5-9(13)8-16/h5-7H,3-4,17H2,1-2H3. The van der Waals surface area contributed by atoms with Crippen molar-refractivity contribution in [3.05, 3.63) is 39.6 Å². The number of aromatic nitrogens is 2. The van der Waals surface area contributed by atoms with Crippen LogP contribution in [0.3, 0.4) is 0 Å². The highest BCUT2D eigenvalue weighted by atomic mass is 79.9. The number of hydrogen-bond donors (Lipinski definition) is 1. The molecule has 0 fully saturated rings. The predicted molar refractivity (Wildman–Crippen MR) is 79.1 cm³/mol. The molecule has 1 heterocycles. The molecule has 2 N–H and O–H groups in total. The monoisotopic (exact) mass is 318 g/mol. The summed E-state index contributed by atoms with van der Waals surface area (Å²) in [5.41, 5.74) is 10.0. The summed E-state index contributed by atoms with van der Waals surface area (Å²) in [4.78, 5) is 0.